The van der Waals surface area contributed by atoms with Crippen molar-refractivity contribution in [1.29, 1.82) is 0 Å². The normalized spacial score (nSPS) is 29.2. The first kappa shape index (κ1) is 26.9. The first-order valence-corrected chi connectivity index (χ1v) is 11.6. The number of hydrogen-bond acceptors (Lipinski definition) is 11. The van der Waals surface area contributed by atoms with Crippen molar-refractivity contribution in [2.75, 3.05) is 27.4 Å². The van der Waals surface area contributed by atoms with E-state index in [1.807, 2.05) is 0 Å². The summed E-state index contributed by atoms with van der Waals surface area (Å²) in [7, 11) is 2.80. The van der Waals surface area contributed by atoms with Crippen LogP contribution < -0.4 is 14.2 Å². The first-order chi connectivity index (χ1) is 17.8. The largest absolute Gasteiger partial charge is 0.504 e. The highest BCUT2D eigenvalue weighted by Crippen LogP contribution is 2.50. The number of methoxy groups -OCH3 is 2. The van der Waals surface area contributed by atoms with Crippen molar-refractivity contribution in [3.05, 3.63) is 52.6 Å². The Kier molecular flexibility index (Phi) is 8.02. The minimum absolute atomic E-state index is 0.0827. The van der Waals surface area contributed by atoms with Gasteiger partial charge in [0.1, 0.15) is 30.7 Å². The van der Waals surface area contributed by atoms with Crippen molar-refractivity contribution < 1.29 is 54.4 Å². The Labute approximate surface area is 212 Å². The van der Waals surface area contributed by atoms with Crippen molar-refractivity contribution in [3.63, 3.8) is 0 Å². The predicted molar refractivity (Wildman–Crippen MR) is 129 cm³/mol. The van der Waals surface area contributed by atoms with Crippen LogP contribution in [0, 0.1) is 5.92 Å². The second-order valence-corrected chi connectivity index (χ2v) is 8.88. The molecule has 2 aliphatic rings. The average Bonchev–Trinajstić information content (AvgIpc) is 2.92. The summed E-state index contributed by atoms with van der Waals surface area (Å²) in [6.45, 7) is -0.993. The SMILES string of the molecule is COc1cc([C@H]2c3c(ccc(O[C@@H]4O[C@H](CO)C(O)[C@H](O)C4O)c3OC)C=C(C=O)[C@@H]2CO)ccc1O. The van der Waals surface area contributed by atoms with Crippen LogP contribution >= 0.6 is 0 Å². The molecule has 11 nitrogen and oxygen atoms in total. The molecule has 2 aromatic rings. The molecule has 6 N–H and O–H groups in total. The molecule has 0 amide bonds. The molecule has 4 rings (SSSR count). The van der Waals surface area contributed by atoms with E-state index in [0.717, 1.165) is 0 Å². The van der Waals surface area contributed by atoms with Crippen molar-refractivity contribution >= 4 is 12.4 Å². The number of aliphatic hydroxyl groups excluding tert-OH is 5. The fourth-order valence-corrected chi connectivity index (χ4v) is 4.93. The molecule has 0 saturated carbocycles. The lowest BCUT2D eigenvalue weighted by Gasteiger charge is -2.40. The molecule has 11 heteroatoms. The number of aldehydes is 1. The molecule has 1 saturated heterocycles. The van der Waals surface area contributed by atoms with Gasteiger partial charge in [-0.1, -0.05) is 12.1 Å². The lowest BCUT2D eigenvalue weighted by Crippen LogP contribution is -2.60. The lowest BCUT2D eigenvalue weighted by atomic mass is 9.71. The topological polar surface area (TPSA) is 175 Å². The van der Waals surface area contributed by atoms with Gasteiger partial charge in [-0.15, -0.1) is 0 Å². The molecule has 2 aromatic carbocycles. The van der Waals surface area contributed by atoms with Crippen LogP contribution in [0.2, 0.25) is 0 Å². The summed E-state index contributed by atoms with van der Waals surface area (Å²) in [5, 5.41) is 60.5. The van der Waals surface area contributed by atoms with Gasteiger partial charge in [0.25, 0.3) is 0 Å². The number of ether oxygens (including phenoxy) is 4. The van der Waals surface area contributed by atoms with E-state index in [0.29, 0.717) is 28.5 Å². The zero-order valence-electron chi connectivity index (χ0n) is 20.2. The smallest absolute Gasteiger partial charge is 0.229 e. The van der Waals surface area contributed by atoms with Crippen molar-refractivity contribution in [2.24, 2.45) is 5.92 Å². The minimum Gasteiger partial charge on any atom is -0.504 e. The van der Waals surface area contributed by atoms with Crippen LogP contribution in [0.4, 0.5) is 0 Å². The van der Waals surface area contributed by atoms with Gasteiger partial charge >= 0.3 is 0 Å². The Bertz CT molecular complexity index is 1160. The maximum atomic E-state index is 11.9. The average molecular weight is 519 g/mol. The molecule has 1 fully saturated rings. The fourth-order valence-electron chi connectivity index (χ4n) is 4.93. The summed E-state index contributed by atoms with van der Waals surface area (Å²) >= 11 is 0. The zero-order valence-corrected chi connectivity index (χ0v) is 20.2. The third-order valence-electron chi connectivity index (χ3n) is 6.85. The summed E-state index contributed by atoms with van der Waals surface area (Å²) < 4.78 is 22.3. The molecule has 37 heavy (non-hydrogen) atoms. The van der Waals surface area contributed by atoms with Crippen LogP contribution in [-0.4, -0.2) is 95.1 Å². The van der Waals surface area contributed by atoms with E-state index in [1.54, 1.807) is 24.3 Å². The number of carbonyl (C=O) groups excluding carboxylic acids is 1. The van der Waals surface area contributed by atoms with Crippen molar-refractivity contribution in [1.82, 2.24) is 0 Å². The van der Waals surface area contributed by atoms with Crippen molar-refractivity contribution in [3.8, 4) is 23.0 Å². The predicted octanol–water partition coefficient (Wildman–Crippen LogP) is -0.0756. The highest BCUT2D eigenvalue weighted by Gasteiger charge is 2.45. The summed E-state index contributed by atoms with van der Waals surface area (Å²) in [6, 6.07) is 7.89. The molecule has 1 aliphatic carbocycles. The van der Waals surface area contributed by atoms with Crippen LogP contribution in [0.3, 0.4) is 0 Å². The molecular formula is C26H30O11. The molecular weight excluding hydrogens is 488 g/mol. The van der Waals surface area contributed by atoms with E-state index in [4.69, 9.17) is 18.9 Å². The summed E-state index contributed by atoms with van der Waals surface area (Å²) in [5.74, 6) is -0.859. The number of aromatic hydroxyl groups is 1. The van der Waals surface area contributed by atoms with Gasteiger partial charge in [0.2, 0.25) is 6.29 Å². The van der Waals surface area contributed by atoms with Gasteiger partial charge in [0.15, 0.2) is 23.0 Å². The Morgan fingerprint density at radius 1 is 0.946 bits per heavy atom. The molecule has 7 atom stereocenters. The second-order valence-electron chi connectivity index (χ2n) is 8.88. The number of aliphatic hydroxyl groups is 5. The molecule has 0 bridgehead atoms. The standard InChI is InChI=1S/C26H30O11/c1-34-18-8-13(3-5-16(18)30)20-15(10-28)14(9-27)7-12-4-6-17(25(35-2)21(12)20)36-26-24(33)23(32)22(31)19(11-29)37-26/h3-9,15,19-20,22-24,26,28-33H,10-11H2,1-2H3/t15-,19+,20+,22?,23-,24?,26+/m0/s1. The highest BCUT2D eigenvalue weighted by molar-refractivity contribution is 5.86. The summed E-state index contributed by atoms with van der Waals surface area (Å²) in [4.78, 5) is 11.9. The lowest BCUT2D eigenvalue weighted by molar-refractivity contribution is -0.277. The quantitative estimate of drug-likeness (QED) is 0.258. The van der Waals surface area contributed by atoms with Crippen molar-refractivity contribution in [2.45, 2.75) is 36.6 Å². The molecule has 2 unspecified atom stereocenters. The van der Waals surface area contributed by atoms with Crippen LogP contribution in [0.25, 0.3) is 6.08 Å². The summed E-state index contributed by atoms with van der Waals surface area (Å²) in [5.41, 5.74) is 2.14. The highest BCUT2D eigenvalue weighted by atomic mass is 16.7. The van der Waals surface area contributed by atoms with Crippen LogP contribution in [0.1, 0.15) is 22.6 Å². The molecule has 0 radical (unpaired) electrons. The van der Waals surface area contributed by atoms with E-state index in [2.05, 4.69) is 0 Å². The van der Waals surface area contributed by atoms with Crippen LogP contribution in [0.15, 0.2) is 35.9 Å². The first-order valence-electron chi connectivity index (χ1n) is 11.6. The third-order valence-corrected chi connectivity index (χ3v) is 6.85. The fraction of sp³-hybridized carbons (Fsp3) is 0.423. The van der Waals surface area contributed by atoms with Gasteiger partial charge in [0, 0.05) is 17.4 Å². The molecule has 1 aliphatic heterocycles. The number of phenols is 1. The van der Waals surface area contributed by atoms with E-state index in [1.165, 1.54) is 26.4 Å². The molecule has 0 aromatic heterocycles. The van der Waals surface area contributed by atoms with Gasteiger partial charge in [0.05, 0.1) is 27.4 Å². The Morgan fingerprint density at radius 3 is 2.32 bits per heavy atom. The van der Waals surface area contributed by atoms with E-state index < -0.39 is 49.1 Å². The number of rotatable bonds is 8. The maximum Gasteiger partial charge on any atom is 0.229 e. The Balaban J connectivity index is 1.84. The molecule has 0 spiro atoms. The van der Waals surface area contributed by atoms with Gasteiger partial charge in [-0.3, -0.25) is 4.79 Å². The number of phenolic OH excluding ortho intramolecular Hbond substituents is 1. The minimum atomic E-state index is -1.64. The van der Waals surface area contributed by atoms with E-state index in [9.17, 15) is 35.4 Å². The van der Waals surface area contributed by atoms with Gasteiger partial charge in [-0.25, -0.2) is 0 Å². The van der Waals surface area contributed by atoms with Gasteiger partial charge in [-0.05, 0) is 41.0 Å². The molecule has 1 heterocycles. The molecule has 200 valence electrons. The maximum absolute atomic E-state index is 11.9. The number of benzene rings is 2. The number of hydrogen-bond donors (Lipinski definition) is 6. The zero-order chi connectivity index (χ0) is 26.9. The van der Waals surface area contributed by atoms with Gasteiger partial charge in [-0.2, -0.15) is 0 Å². The third kappa shape index (κ3) is 4.77. The second kappa shape index (κ2) is 11.1. The Hall–Kier alpha value is -3.19. The monoisotopic (exact) mass is 518 g/mol. The summed E-state index contributed by atoms with van der Waals surface area (Å²) in [6.07, 6.45) is -5.11. The van der Waals surface area contributed by atoms with Crippen LogP contribution in [-0.2, 0) is 9.53 Å². The number of fused-ring (bicyclic) bond motifs is 1. The van der Waals surface area contributed by atoms with E-state index >= 15 is 0 Å². The van der Waals surface area contributed by atoms with E-state index in [-0.39, 0.29) is 29.6 Å². The van der Waals surface area contributed by atoms with Gasteiger partial charge < -0.3 is 49.6 Å². The van der Waals surface area contributed by atoms with Crippen LogP contribution in [0.5, 0.6) is 23.0 Å². The number of carbonyl (C=O) groups is 1. The Morgan fingerprint density at radius 2 is 1.70 bits per heavy atom.